The van der Waals surface area contributed by atoms with E-state index in [0.29, 0.717) is 35.8 Å². The number of halogens is 1. The molecule has 2 aliphatic rings. The van der Waals surface area contributed by atoms with Crippen molar-refractivity contribution in [2.75, 3.05) is 24.7 Å². The van der Waals surface area contributed by atoms with Crippen molar-refractivity contribution in [3.63, 3.8) is 0 Å². The molecule has 0 aliphatic carbocycles. The first-order chi connectivity index (χ1) is 13.6. The van der Waals surface area contributed by atoms with E-state index in [4.69, 9.17) is 9.47 Å². The van der Waals surface area contributed by atoms with Crippen molar-refractivity contribution in [2.45, 2.75) is 25.3 Å². The minimum absolute atomic E-state index is 0.124. The number of benzene rings is 2. The third-order valence-corrected chi connectivity index (χ3v) is 4.91. The molecule has 2 aromatic carbocycles. The van der Waals surface area contributed by atoms with Gasteiger partial charge in [-0.1, -0.05) is 12.1 Å². The van der Waals surface area contributed by atoms with Gasteiger partial charge in [-0.25, -0.2) is 4.39 Å². The van der Waals surface area contributed by atoms with Gasteiger partial charge in [0.2, 0.25) is 11.8 Å². The number of anilines is 1. The predicted molar refractivity (Wildman–Crippen MR) is 101 cm³/mol. The monoisotopic (exact) mass is 384 g/mol. The van der Waals surface area contributed by atoms with Gasteiger partial charge in [-0.3, -0.25) is 14.5 Å². The van der Waals surface area contributed by atoms with Crippen LogP contribution in [0.15, 0.2) is 42.5 Å². The molecule has 146 valence electrons. The number of ether oxygens (including phenoxy) is 2. The number of hydrogen-bond acceptors (Lipinski definition) is 4. The normalized spacial score (nSPS) is 18.7. The quantitative estimate of drug-likeness (QED) is 0.884. The standard InChI is InChI=1S/C21H21FN2O4/c22-14-7-8-18-15(12-14)16(4-3-10-27-18)23-20(25)13-24-17-5-1-2-6-19(17)28-11-9-21(24)26/h1-2,5-8,12,16H,3-4,9-11,13H2,(H,23,25). The molecule has 0 radical (unpaired) electrons. The topological polar surface area (TPSA) is 67.9 Å². The molecule has 1 unspecified atom stereocenters. The van der Waals surface area contributed by atoms with E-state index in [2.05, 4.69) is 5.32 Å². The van der Waals surface area contributed by atoms with Crippen molar-refractivity contribution < 1.29 is 23.5 Å². The van der Waals surface area contributed by atoms with Crippen molar-refractivity contribution in [2.24, 2.45) is 0 Å². The molecule has 0 bridgehead atoms. The molecule has 0 fully saturated rings. The summed E-state index contributed by atoms with van der Waals surface area (Å²) in [4.78, 5) is 26.7. The molecule has 0 aromatic heterocycles. The fourth-order valence-corrected chi connectivity index (χ4v) is 3.57. The molecule has 2 heterocycles. The minimum Gasteiger partial charge on any atom is -0.493 e. The molecule has 1 atom stereocenters. The molecule has 0 saturated heterocycles. The van der Waals surface area contributed by atoms with Gasteiger partial charge in [0.05, 0.1) is 31.4 Å². The number of para-hydroxylation sites is 2. The molecular weight excluding hydrogens is 363 g/mol. The zero-order valence-electron chi connectivity index (χ0n) is 15.3. The lowest BCUT2D eigenvalue weighted by atomic mass is 10.0. The third-order valence-electron chi connectivity index (χ3n) is 4.91. The van der Waals surface area contributed by atoms with E-state index in [1.54, 1.807) is 24.3 Å². The van der Waals surface area contributed by atoms with Gasteiger partial charge in [0.25, 0.3) is 0 Å². The van der Waals surface area contributed by atoms with E-state index >= 15 is 0 Å². The summed E-state index contributed by atoms with van der Waals surface area (Å²) < 4.78 is 25.0. The summed E-state index contributed by atoms with van der Waals surface area (Å²) in [6, 6.07) is 11.1. The van der Waals surface area contributed by atoms with Crippen LogP contribution in [0.25, 0.3) is 0 Å². The number of hydrogen-bond donors (Lipinski definition) is 1. The molecule has 2 aliphatic heterocycles. The lowest BCUT2D eigenvalue weighted by Gasteiger charge is -2.24. The summed E-state index contributed by atoms with van der Waals surface area (Å²) in [5.41, 5.74) is 1.20. The molecular formula is C21H21FN2O4. The maximum Gasteiger partial charge on any atom is 0.240 e. The van der Waals surface area contributed by atoms with Gasteiger partial charge in [0.1, 0.15) is 23.9 Å². The summed E-state index contributed by atoms with van der Waals surface area (Å²) in [6.45, 7) is 0.669. The zero-order chi connectivity index (χ0) is 19.5. The van der Waals surface area contributed by atoms with Crippen LogP contribution in [-0.2, 0) is 9.59 Å². The smallest absolute Gasteiger partial charge is 0.240 e. The molecule has 0 spiro atoms. The van der Waals surface area contributed by atoms with Gasteiger partial charge in [-0.05, 0) is 43.2 Å². The fourth-order valence-electron chi connectivity index (χ4n) is 3.57. The largest absolute Gasteiger partial charge is 0.493 e. The van der Waals surface area contributed by atoms with Crippen molar-refractivity contribution in [1.29, 1.82) is 0 Å². The highest BCUT2D eigenvalue weighted by Gasteiger charge is 2.27. The van der Waals surface area contributed by atoms with Crippen molar-refractivity contribution in [3.8, 4) is 11.5 Å². The van der Waals surface area contributed by atoms with Crippen LogP contribution in [0.1, 0.15) is 30.9 Å². The van der Waals surface area contributed by atoms with E-state index in [1.807, 2.05) is 6.07 Å². The first-order valence-corrected chi connectivity index (χ1v) is 9.35. The molecule has 7 heteroatoms. The Morgan fingerprint density at radius 1 is 1.14 bits per heavy atom. The van der Waals surface area contributed by atoms with E-state index in [9.17, 15) is 14.0 Å². The van der Waals surface area contributed by atoms with Crippen LogP contribution in [-0.4, -0.2) is 31.6 Å². The first-order valence-electron chi connectivity index (χ1n) is 9.35. The van der Waals surface area contributed by atoms with Crippen LogP contribution in [0.5, 0.6) is 11.5 Å². The number of nitrogens with one attached hydrogen (secondary N) is 1. The number of nitrogens with zero attached hydrogens (tertiary/aromatic N) is 1. The Morgan fingerprint density at radius 3 is 2.86 bits per heavy atom. The van der Waals surface area contributed by atoms with Crippen LogP contribution >= 0.6 is 0 Å². The van der Waals surface area contributed by atoms with Gasteiger partial charge >= 0.3 is 0 Å². The third kappa shape index (κ3) is 3.78. The van der Waals surface area contributed by atoms with Crippen molar-refractivity contribution in [1.82, 2.24) is 5.32 Å². The Morgan fingerprint density at radius 2 is 1.96 bits per heavy atom. The van der Waals surface area contributed by atoms with Crippen LogP contribution in [0, 0.1) is 5.82 Å². The number of carbonyl (C=O) groups excluding carboxylic acids is 2. The fraction of sp³-hybridized carbons (Fsp3) is 0.333. The highest BCUT2D eigenvalue weighted by Crippen LogP contribution is 2.33. The van der Waals surface area contributed by atoms with E-state index < -0.39 is 0 Å². The Hall–Kier alpha value is -3.09. The van der Waals surface area contributed by atoms with Crippen LogP contribution in [0.3, 0.4) is 0 Å². The average molecular weight is 384 g/mol. The predicted octanol–water partition coefficient (Wildman–Crippen LogP) is 2.97. The molecule has 6 nitrogen and oxygen atoms in total. The van der Waals surface area contributed by atoms with Gasteiger partial charge < -0.3 is 14.8 Å². The lowest BCUT2D eigenvalue weighted by molar-refractivity contribution is -0.124. The Labute approximate surface area is 162 Å². The number of rotatable bonds is 3. The Bertz CT molecular complexity index is 902. The molecule has 2 amide bonds. The molecule has 28 heavy (non-hydrogen) atoms. The summed E-state index contributed by atoms with van der Waals surface area (Å²) >= 11 is 0. The summed E-state index contributed by atoms with van der Waals surface area (Å²) in [6.07, 6.45) is 1.57. The number of amides is 2. The highest BCUT2D eigenvalue weighted by atomic mass is 19.1. The SMILES string of the molecule is O=C(CN1C(=O)CCOc2ccccc21)NC1CCCOc2ccc(F)cc21. The van der Waals surface area contributed by atoms with Gasteiger partial charge in [-0.15, -0.1) is 0 Å². The van der Waals surface area contributed by atoms with E-state index in [0.717, 1.165) is 6.42 Å². The molecule has 4 rings (SSSR count). The summed E-state index contributed by atoms with van der Waals surface area (Å²) in [5.74, 6) is 0.297. The highest BCUT2D eigenvalue weighted by molar-refractivity contribution is 6.00. The Kier molecular flexibility index (Phi) is 5.14. The maximum absolute atomic E-state index is 13.7. The number of fused-ring (bicyclic) bond motifs is 2. The Balaban J connectivity index is 1.53. The van der Waals surface area contributed by atoms with E-state index in [1.165, 1.54) is 17.0 Å². The van der Waals surface area contributed by atoms with Crippen molar-refractivity contribution >= 4 is 17.5 Å². The van der Waals surface area contributed by atoms with Crippen LogP contribution in [0.2, 0.25) is 0 Å². The summed E-state index contributed by atoms with van der Waals surface area (Å²) in [5, 5.41) is 2.94. The average Bonchev–Trinajstić information content (AvgIpc) is 2.97. The van der Waals surface area contributed by atoms with Gasteiger partial charge in [-0.2, -0.15) is 0 Å². The molecule has 1 N–H and O–H groups in total. The van der Waals surface area contributed by atoms with Gasteiger partial charge in [0, 0.05) is 5.56 Å². The van der Waals surface area contributed by atoms with Crippen LogP contribution < -0.4 is 19.7 Å². The second kappa shape index (κ2) is 7.88. The zero-order valence-corrected chi connectivity index (χ0v) is 15.3. The van der Waals surface area contributed by atoms with Crippen molar-refractivity contribution in [3.05, 3.63) is 53.8 Å². The number of carbonyl (C=O) groups is 2. The van der Waals surface area contributed by atoms with Gasteiger partial charge in [0.15, 0.2) is 0 Å². The lowest BCUT2D eigenvalue weighted by Crippen LogP contribution is -2.41. The second-order valence-electron chi connectivity index (χ2n) is 6.84. The first kappa shape index (κ1) is 18.3. The maximum atomic E-state index is 13.7. The van der Waals surface area contributed by atoms with E-state index in [-0.39, 0.29) is 43.2 Å². The second-order valence-corrected chi connectivity index (χ2v) is 6.84. The molecule has 0 saturated carbocycles. The van der Waals surface area contributed by atoms with Crippen LogP contribution in [0.4, 0.5) is 10.1 Å². The summed E-state index contributed by atoms with van der Waals surface area (Å²) in [7, 11) is 0. The minimum atomic E-state index is -0.378. The molecule has 2 aromatic rings.